The van der Waals surface area contributed by atoms with E-state index < -0.39 is 6.10 Å². The molecule has 1 saturated carbocycles. The molecule has 4 atom stereocenters. The van der Waals surface area contributed by atoms with Crippen molar-refractivity contribution < 1.29 is 9.90 Å². The van der Waals surface area contributed by atoms with Gasteiger partial charge >= 0.3 is 0 Å². The number of rotatable bonds is 3. The third-order valence-electron chi connectivity index (χ3n) is 2.54. The fourth-order valence-corrected chi connectivity index (χ4v) is 1.14. The van der Waals surface area contributed by atoms with E-state index in [4.69, 9.17) is 5.11 Å². The van der Waals surface area contributed by atoms with Crippen LogP contribution in [0.4, 0.5) is 0 Å². The van der Waals surface area contributed by atoms with E-state index in [1.807, 2.05) is 6.92 Å². The van der Waals surface area contributed by atoms with Crippen molar-refractivity contribution in [3.8, 4) is 0 Å². The van der Waals surface area contributed by atoms with Gasteiger partial charge in [0.1, 0.15) is 0 Å². The van der Waals surface area contributed by atoms with Crippen LogP contribution in [0.5, 0.6) is 0 Å². The number of aliphatic hydroxyl groups is 1. The highest BCUT2D eigenvalue weighted by Gasteiger charge is 2.39. The second-order valence-electron chi connectivity index (χ2n) is 3.86. The maximum atomic E-state index is 11.3. The number of carbonyl (C=O) groups is 1. The van der Waals surface area contributed by atoms with Gasteiger partial charge in [0.05, 0.1) is 12.1 Å². The molecule has 4 unspecified atom stereocenters. The first kappa shape index (κ1) is 9.52. The molecule has 0 aromatic rings. The molecule has 1 aliphatic rings. The van der Waals surface area contributed by atoms with Crippen LogP contribution < -0.4 is 5.32 Å². The van der Waals surface area contributed by atoms with Gasteiger partial charge in [-0.05, 0) is 26.2 Å². The van der Waals surface area contributed by atoms with Crippen LogP contribution in [-0.4, -0.2) is 23.2 Å². The van der Waals surface area contributed by atoms with Gasteiger partial charge < -0.3 is 10.4 Å². The first-order valence-corrected chi connectivity index (χ1v) is 4.50. The van der Waals surface area contributed by atoms with Crippen molar-refractivity contribution in [2.75, 3.05) is 0 Å². The van der Waals surface area contributed by atoms with Crippen LogP contribution in [0.25, 0.3) is 0 Å². The minimum atomic E-state index is -0.469. The molecule has 0 heterocycles. The van der Waals surface area contributed by atoms with Gasteiger partial charge in [0.15, 0.2) is 0 Å². The van der Waals surface area contributed by atoms with Gasteiger partial charge in [0, 0.05) is 5.92 Å². The maximum Gasteiger partial charge on any atom is 0.223 e. The van der Waals surface area contributed by atoms with E-state index in [1.54, 1.807) is 6.92 Å². The Morgan fingerprint density at radius 1 is 1.58 bits per heavy atom. The van der Waals surface area contributed by atoms with E-state index in [0.717, 1.165) is 6.42 Å². The monoisotopic (exact) mass is 171 g/mol. The second-order valence-corrected chi connectivity index (χ2v) is 3.86. The lowest BCUT2D eigenvalue weighted by atomic mass is 10.2. The first-order valence-electron chi connectivity index (χ1n) is 4.50. The van der Waals surface area contributed by atoms with E-state index in [-0.39, 0.29) is 17.9 Å². The molecule has 0 saturated heterocycles. The molecule has 0 spiro atoms. The summed E-state index contributed by atoms with van der Waals surface area (Å²) in [5.41, 5.74) is 0. The van der Waals surface area contributed by atoms with Crippen molar-refractivity contribution in [3.63, 3.8) is 0 Å². The van der Waals surface area contributed by atoms with Crippen molar-refractivity contribution in [1.29, 1.82) is 0 Å². The molecule has 1 fully saturated rings. The van der Waals surface area contributed by atoms with Crippen molar-refractivity contribution >= 4 is 5.91 Å². The van der Waals surface area contributed by atoms with E-state index in [2.05, 4.69) is 12.2 Å². The summed E-state index contributed by atoms with van der Waals surface area (Å²) in [5, 5.41) is 11.9. The zero-order valence-corrected chi connectivity index (χ0v) is 7.87. The number of amides is 1. The Labute approximate surface area is 73.2 Å². The molecule has 0 bridgehead atoms. The highest BCUT2D eigenvalue weighted by atomic mass is 16.3. The summed E-state index contributed by atoms with van der Waals surface area (Å²) < 4.78 is 0. The predicted molar refractivity (Wildman–Crippen MR) is 46.6 cm³/mol. The molecule has 12 heavy (non-hydrogen) atoms. The average Bonchev–Trinajstić information content (AvgIpc) is 2.66. The Bertz CT molecular complexity index is 179. The quantitative estimate of drug-likeness (QED) is 0.650. The Hall–Kier alpha value is -0.570. The van der Waals surface area contributed by atoms with Gasteiger partial charge in [-0.2, -0.15) is 0 Å². The maximum absolute atomic E-state index is 11.3. The smallest absolute Gasteiger partial charge is 0.223 e. The van der Waals surface area contributed by atoms with Gasteiger partial charge in [-0.1, -0.05) is 6.92 Å². The number of carbonyl (C=O) groups excluding carboxylic acids is 1. The molecular weight excluding hydrogens is 154 g/mol. The third kappa shape index (κ3) is 2.21. The lowest BCUT2D eigenvalue weighted by molar-refractivity contribution is -0.123. The van der Waals surface area contributed by atoms with Gasteiger partial charge in [-0.25, -0.2) is 0 Å². The predicted octanol–water partition coefficient (Wildman–Crippen LogP) is 0.528. The molecule has 0 radical (unpaired) electrons. The number of hydrogen-bond donors (Lipinski definition) is 2. The first-order chi connectivity index (χ1) is 5.52. The zero-order valence-electron chi connectivity index (χ0n) is 7.87. The number of nitrogens with one attached hydrogen (secondary N) is 1. The Morgan fingerprint density at radius 2 is 2.08 bits per heavy atom. The summed E-state index contributed by atoms with van der Waals surface area (Å²) in [6.07, 6.45) is 0.529. The average molecular weight is 171 g/mol. The fraction of sp³-hybridized carbons (Fsp3) is 0.889. The standard InChI is InChI=1S/C9H17NO2/c1-5-4-8(5)9(12)10-6(2)7(3)11/h5-8,11H,4H2,1-3H3,(H,10,12). The molecule has 2 N–H and O–H groups in total. The topological polar surface area (TPSA) is 49.3 Å². The Morgan fingerprint density at radius 3 is 2.42 bits per heavy atom. The highest BCUT2D eigenvalue weighted by molar-refractivity contribution is 5.81. The zero-order chi connectivity index (χ0) is 9.30. The molecule has 1 amide bonds. The van der Waals surface area contributed by atoms with Crippen molar-refractivity contribution in [3.05, 3.63) is 0 Å². The van der Waals surface area contributed by atoms with Gasteiger partial charge in [0.25, 0.3) is 0 Å². The Kier molecular flexibility index (Phi) is 2.73. The summed E-state index contributed by atoms with van der Waals surface area (Å²) >= 11 is 0. The lowest BCUT2D eigenvalue weighted by Crippen LogP contribution is -2.40. The lowest BCUT2D eigenvalue weighted by Gasteiger charge is -2.16. The SMILES string of the molecule is CC(O)C(C)NC(=O)C1CC1C. The fourth-order valence-electron chi connectivity index (χ4n) is 1.14. The van der Waals surface area contributed by atoms with Crippen molar-refractivity contribution in [2.24, 2.45) is 11.8 Å². The minimum Gasteiger partial charge on any atom is -0.391 e. The van der Waals surface area contributed by atoms with Crippen LogP contribution in [-0.2, 0) is 4.79 Å². The molecule has 0 aromatic carbocycles. The van der Waals surface area contributed by atoms with Crippen LogP contribution in [0.3, 0.4) is 0 Å². The second kappa shape index (κ2) is 3.44. The van der Waals surface area contributed by atoms with Crippen molar-refractivity contribution in [1.82, 2.24) is 5.32 Å². The molecule has 3 nitrogen and oxygen atoms in total. The van der Waals surface area contributed by atoms with Crippen LogP contribution in [0.2, 0.25) is 0 Å². The van der Waals surface area contributed by atoms with E-state index in [0.29, 0.717) is 5.92 Å². The van der Waals surface area contributed by atoms with Crippen molar-refractivity contribution in [2.45, 2.75) is 39.3 Å². The van der Waals surface area contributed by atoms with Crippen LogP contribution in [0.15, 0.2) is 0 Å². The van der Waals surface area contributed by atoms with Gasteiger partial charge in [-0.3, -0.25) is 4.79 Å². The molecule has 1 rings (SSSR count). The largest absolute Gasteiger partial charge is 0.391 e. The number of aliphatic hydroxyl groups excluding tert-OH is 1. The molecule has 0 aromatic heterocycles. The molecule has 1 aliphatic carbocycles. The van der Waals surface area contributed by atoms with Crippen LogP contribution >= 0.6 is 0 Å². The van der Waals surface area contributed by atoms with E-state index in [1.165, 1.54) is 0 Å². The minimum absolute atomic E-state index is 0.0934. The summed E-state index contributed by atoms with van der Waals surface area (Å²) in [7, 11) is 0. The summed E-state index contributed by atoms with van der Waals surface area (Å²) in [4.78, 5) is 11.3. The summed E-state index contributed by atoms with van der Waals surface area (Å²) in [5.74, 6) is 0.827. The highest BCUT2D eigenvalue weighted by Crippen LogP contribution is 2.37. The molecule has 3 heteroatoms. The molecular formula is C9H17NO2. The van der Waals surface area contributed by atoms with Gasteiger partial charge in [0.2, 0.25) is 5.91 Å². The van der Waals surface area contributed by atoms with Crippen LogP contribution in [0, 0.1) is 11.8 Å². The van der Waals surface area contributed by atoms with E-state index in [9.17, 15) is 4.79 Å². The van der Waals surface area contributed by atoms with E-state index >= 15 is 0 Å². The Balaban J connectivity index is 2.27. The normalized spacial score (nSPS) is 32.3. The van der Waals surface area contributed by atoms with Crippen LogP contribution in [0.1, 0.15) is 27.2 Å². The summed E-state index contributed by atoms with van der Waals surface area (Å²) in [6, 6.07) is -0.134. The van der Waals surface area contributed by atoms with Gasteiger partial charge in [-0.15, -0.1) is 0 Å². The third-order valence-corrected chi connectivity index (χ3v) is 2.54. The number of hydrogen-bond acceptors (Lipinski definition) is 2. The molecule has 70 valence electrons. The summed E-state index contributed by atoms with van der Waals surface area (Å²) in [6.45, 7) is 5.56. The molecule has 0 aliphatic heterocycles.